The van der Waals surface area contributed by atoms with Crippen LogP contribution in [0.25, 0.3) is 5.32 Å². The topological polar surface area (TPSA) is 17.3 Å². The molecule has 79 valence electrons. The number of piperidine rings is 2. The molecule has 3 heteroatoms. The molecule has 14 heavy (non-hydrogen) atoms. The minimum atomic E-state index is 0. The largest absolute Gasteiger partial charge is 0.658 e. The molecular formula is C11H21N2Y-. The summed E-state index contributed by atoms with van der Waals surface area (Å²) in [4.78, 5) is 2.66. The summed E-state index contributed by atoms with van der Waals surface area (Å²) in [5, 5.41) is 4.74. The van der Waals surface area contributed by atoms with Gasteiger partial charge in [-0.1, -0.05) is 12.8 Å². The first kappa shape index (κ1) is 13.1. The van der Waals surface area contributed by atoms with E-state index in [4.69, 9.17) is 5.32 Å². The molecule has 0 saturated carbocycles. The van der Waals surface area contributed by atoms with Crippen LogP contribution >= 0.6 is 0 Å². The summed E-state index contributed by atoms with van der Waals surface area (Å²) in [5.74, 6) is 0. The Balaban J connectivity index is 0.000000980. The van der Waals surface area contributed by atoms with Crippen molar-refractivity contribution in [2.75, 3.05) is 13.1 Å². The molecule has 2 heterocycles. The molecule has 2 aliphatic heterocycles. The van der Waals surface area contributed by atoms with Crippen LogP contribution in [0.4, 0.5) is 0 Å². The maximum absolute atomic E-state index is 4.74. The summed E-state index contributed by atoms with van der Waals surface area (Å²) in [6.07, 6.45) is 5.38. The predicted octanol–water partition coefficient (Wildman–Crippen LogP) is 2.39. The van der Waals surface area contributed by atoms with Gasteiger partial charge in [-0.2, -0.15) is 0 Å². The number of hydrogen-bond donors (Lipinski definition) is 0. The standard InChI is InChI=1S/C11H21N2.Y/c1-9(2)13-8-4-5-10-11(13)6-3-7-12-10;/h9-11H,3-8H2,1-2H3;/q-1;. The van der Waals surface area contributed by atoms with E-state index in [0.717, 1.165) is 12.6 Å². The van der Waals surface area contributed by atoms with Crippen LogP contribution in [0.3, 0.4) is 0 Å². The molecule has 0 amide bonds. The number of rotatable bonds is 1. The van der Waals surface area contributed by atoms with E-state index in [1.54, 1.807) is 0 Å². The Morgan fingerprint density at radius 3 is 2.71 bits per heavy atom. The smallest absolute Gasteiger partial charge is 0.00409 e. The monoisotopic (exact) mass is 270 g/mol. The maximum atomic E-state index is 4.74. The quantitative estimate of drug-likeness (QED) is 0.715. The third kappa shape index (κ3) is 2.78. The fraction of sp³-hybridized carbons (Fsp3) is 1.00. The van der Waals surface area contributed by atoms with Crippen molar-refractivity contribution in [1.29, 1.82) is 0 Å². The molecule has 0 spiro atoms. The molecule has 2 fully saturated rings. The molecule has 1 radical (unpaired) electrons. The van der Waals surface area contributed by atoms with Gasteiger partial charge in [0.1, 0.15) is 0 Å². The van der Waals surface area contributed by atoms with E-state index in [9.17, 15) is 0 Å². The zero-order valence-corrected chi connectivity index (χ0v) is 12.3. The van der Waals surface area contributed by atoms with Crippen molar-refractivity contribution >= 4 is 0 Å². The second kappa shape index (κ2) is 5.93. The van der Waals surface area contributed by atoms with Crippen LogP contribution < -0.4 is 0 Å². The molecule has 0 bridgehead atoms. The molecule has 2 aliphatic rings. The number of nitrogens with zero attached hydrogens (tertiary/aromatic N) is 2. The summed E-state index contributed by atoms with van der Waals surface area (Å²) >= 11 is 0. The van der Waals surface area contributed by atoms with Gasteiger partial charge in [-0.15, -0.1) is 12.6 Å². The molecular weight excluding hydrogens is 249 g/mol. The van der Waals surface area contributed by atoms with Gasteiger partial charge in [0, 0.05) is 38.8 Å². The third-order valence-electron chi connectivity index (χ3n) is 3.47. The molecule has 0 aromatic carbocycles. The van der Waals surface area contributed by atoms with Crippen LogP contribution in [0.2, 0.25) is 0 Å². The number of likely N-dealkylation sites (tertiary alicyclic amines) is 1. The van der Waals surface area contributed by atoms with Crippen molar-refractivity contribution in [2.45, 2.75) is 57.7 Å². The molecule has 2 unspecified atom stereocenters. The van der Waals surface area contributed by atoms with Crippen molar-refractivity contribution in [3.8, 4) is 0 Å². The van der Waals surface area contributed by atoms with E-state index in [0.29, 0.717) is 12.1 Å². The van der Waals surface area contributed by atoms with E-state index in [1.807, 2.05) is 0 Å². The van der Waals surface area contributed by atoms with E-state index in [2.05, 4.69) is 18.7 Å². The first-order chi connectivity index (χ1) is 6.29. The summed E-state index contributed by atoms with van der Waals surface area (Å²) in [7, 11) is 0. The fourth-order valence-corrected chi connectivity index (χ4v) is 2.83. The van der Waals surface area contributed by atoms with Crippen LogP contribution in [-0.4, -0.2) is 36.1 Å². The Morgan fingerprint density at radius 2 is 2.00 bits per heavy atom. The average molecular weight is 270 g/mol. The van der Waals surface area contributed by atoms with Gasteiger partial charge < -0.3 is 5.32 Å². The van der Waals surface area contributed by atoms with E-state index in [-0.39, 0.29) is 32.7 Å². The predicted molar refractivity (Wildman–Crippen MR) is 56.1 cm³/mol. The van der Waals surface area contributed by atoms with Crippen LogP contribution in [0.15, 0.2) is 0 Å². The Bertz CT molecular complexity index is 171. The third-order valence-corrected chi connectivity index (χ3v) is 3.47. The van der Waals surface area contributed by atoms with Gasteiger partial charge in [0.25, 0.3) is 0 Å². The van der Waals surface area contributed by atoms with Crippen molar-refractivity contribution in [1.82, 2.24) is 4.90 Å². The summed E-state index contributed by atoms with van der Waals surface area (Å²) in [6, 6.07) is 2.16. The molecule has 0 aromatic rings. The Morgan fingerprint density at radius 1 is 1.21 bits per heavy atom. The Kier molecular flexibility index (Phi) is 5.55. The normalized spacial score (nSPS) is 33.6. The molecule has 2 rings (SSSR count). The van der Waals surface area contributed by atoms with Crippen LogP contribution in [0.1, 0.15) is 39.5 Å². The minimum Gasteiger partial charge on any atom is -0.658 e. The van der Waals surface area contributed by atoms with Crippen LogP contribution in [-0.2, 0) is 32.7 Å². The average Bonchev–Trinajstić information content (AvgIpc) is 2.17. The zero-order chi connectivity index (χ0) is 9.26. The van der Waals surface area contributed by atoms with Crippen LogP contribution in [0.5, 0.6) is 0 Å². The maximum Gasteiger partial charge on any atom is 0.00409 e. The molecule has 0 aromatic heterocycles. The first-order valence-corrected chi connectivity index (χ1v) is 5.71. The van der Waals surface area contributed by atoms with Crippen LogP contribution in [0, 0.1) is 0 Å². The van der Waals surface area contributed by atoms with Gasteiger partial charge >= 0.3 is 0 Å². The van der Waals surface area contributed by atoms with Crippen molar-refractivity contribution in [3.63, 3.8) is 0 Å². The van der Waals surface area contributed by atoms with Gasteiger partial charge in [-0.25, -0.2) is 0 Å². The molecule has 0 aliphatic carbocycles. The van der Waals surface area contributed by atoms with Gasteiger partial charge in [-0.3, -0.25) is 4.90 Å². The Hall–Kier alpha value is 1.02. The summed E-state index contributed by atoms with van der Waals surface area (Å²) in [5.41, 5.74) is 0. The number of fused-ring (bicyclic) bond motifs is 1. The second-order valence-corrected chi connectivity index (χ2v) is 4.66. The van der Waals surface area contributed by atoms with E-state index >= 15 is 0 Å². The first-order valence-electron chi connectivity index (χ1n) is 5.71. The van der Waals surface area contributed by atoms with Gasteiger partial charge in [-0.05, 0) is 39.3 Å². The van der Waals surface area contributed by atoms with Crippen molar-refractivity contribution < 1.29 is 32.7 Å². The number of hydrogen-bond acceptors (Lipinski definition) is 1. The second-order valence-electron chi connectivity index (χ2n) is 4.66. The molecule has 2 nitrogen and oxygen atoms in total. The summed E-state index contributed by atoms with van der Waals surface area (Å²) < 4.78 is 0. The SMILES string of the molecule is CC(C)N1CCCC2[N-]CCCC21.[Y]. The molecule has 2 atom stereocenters. The van der Waals surface area contributed by atoms with Crippen molar-refractivity contribution in [2.24, 2.45) is 0 Å². The van der Waals surface area contributed by atoms with Gasteiger partial charge in [0.2, 0.25) is 0 Å². The van der Waals surface area contributed by atoms with Gasteiger partial charge in [0.15, 0.2) is 0 Å². The molecule has 2 saturated heterocycles. The van der Waals surface area contributed by atoms with Gasteiger partial charge in [0.05, 0.1) is 0 Å². The fourth-order valence-electron chi connectivity index (χ4n) is 2.83. The van der Waals surface area contributed by atoms with Crippen molar-refractivity contribution in [3.05, 3.63) is 5.32 Å². The molecule has 0 N–H and O–H groups in total. The Labute approximate surface area is 113 Å². The van der Waals surface area contributed by atoms with E-state index < -0.39 is 0 Å². The zero-order valence-electron chi connectivity index (χ0n) is 9.45. The summed E-state index contributed by atoms with van der Waals surface area (Å²) in [6.45, 7) is 7.05. The van der Waals surface area contributed by atoms with E-state index in [1.165, 1.54) is 32.2 Å². The minimum absolute atomic E-state index is 0.